The molecule has 8 heteroatoms. The molecule has 0 fully saturated rings. The van der Waals surface area contributed by atoms with Gasteiger partial charge < -0.3 is 4.74 Å². The van der Waals surface area contributed by atoms with Gasteiger partial charge in [0.2, 0.25) is 0 Å². The lowest BCUT2D eigenvalue weighted by Crippen LogP contribution is -2.29. The zero-order valence-electron chi connectivity index (χ0n) is 11.6. The minimum absolute atomic E-state index is 0.175. The summed E-state index contributed by atoms with van der Waals surface area (Å²) in [5.74, 6) is 0. The molecule has 20 heavy (non-hydrogen) atoms. The zero-order chi connectivity index (χ0) is 15.6. The van der Waals surface area contributed by atoms with E-state index in [2.05, 4.69) is 35.6 Å². The fourth-order valence-electron chi connectivity index (χ4n) is 1.44. The summed E-state index contributed by atoms with van der Waals surface area (Å²) in [6.07, 6.45) is -3.37. The summed E-state index contributed by atoms with van der Waals surface area (Å²) >= 11 is 2.97. The number of halogens is 4. The summed E-state index contributed by atoms with van der Waals surface area (Å²) in [4.78, 5) is 11.7. The third-order valence-corrected chi connectivity index (χ3v) is 4.72. The van der Waals surface area contributed by atoms with Crippen molar-refractivity contribution in [2.45, 2.75) is 38.6 Å². The molecule has 1 aromatic heterocycles. The van der Waals surface area contributed by atoms with Crippen molar-refractivity contribution in [1.29, 1.82) is 0 Å². The lowest BCUT2D eigenvalue weighted by Gasteiger charge is -2.16. The van der Waals surface area contributed by atoms with Crippen LogP contribution in [0.1, 0.15) is 5.56 Å². The first-order chi connectivity index (χ1) is 9.00. The maximum absolute atomic E-state index is 12.7. The fraction of sp³-hybridized carbons (Fsp3) is 0.583. The van der Waals surface area contributed by atoms with Crippen LogP contribution in [0.5, 0.6) is 0 Å². The first kappa shape index (κ1) is 17.4. The van der Waals surface area contributed by atoms with Gasteiger partial charge in [-0.05, 0) is 28.0 Å². The summed E-state index contributed by atoms with van der Waals surface area (Å²) in [5, 5.41) is 0. The Hall–Kier alpha value is -0.603. The molecule has 0 N–H and O–H groups in total. The van der Waals surface area contributed by atoms with E-state index in [1.807, 2.05) is 0 Å². The highest BCUT2D eigenvalue weighted by molar-refractivity contribution is 9.10. The van der Waals surface area contributed by atoms with E-state index in [9.17, 15) is 18.0 Å². The molecule has 0 aromatic carbocycles. The lowest BCUT2D eigenvalue weighted by molar-refractivity contribution is -0.139. The van der Waals surface area contributed by atoms with Crippen LogP contribution in [0, 0.1) is 0 Å². The van der Waals surface area contributed by atoms with E-state index in [1.54, 1.807) is 0 Å². The van der Waals surface area contributed by atoms with Crippen molar-refractivity contribution in [3.05, 3.63) is 32.7 Å². The van der Waals surface area contributed by atoms with E-state index in [4.69, 9.17) is 4.74 Å². The Labute approximate surface area is 124 Å². The molecule has 114 valence electrons. The van der Waals surface area contributed by atoms with E-state index in [-0.39, 0.29) is 11.2 Å². The standard InChI is InChI=1S/C12H17BrF3NO2Si/c1-20(2,3)5-4-19-8-17-7-9(13)6-10(11(17)18)12(14,15)16/h6-7H,4-5,8H2,1-3H3. The summed E-state index contributed by atoms with van der Waals surface area (Å²) in [5.41, 5.74) is -2.28. The molecule has 1 rings (SSSR count). The third-order valence-electron chi connectivity index (χ3n) is 2.58. The molecule has 0 radical (unpaired) electrons. The molecule has 0 spiro atoms. The minimum Gasteiger partial charge on any atom is -0.361 e. The monoisotopic (exact) mass is 371 g/mol. The Kier molecular flexibility index (Phi) is 5.62. The number of hydrogen-bond donors (Lipinski definition) is 0. The fourth-order valence-corrected chi connectivity index (χ4v) is 2.67. The Balaban J connectivity index is 2.82. The van der Waals surface area contributed by atoms with Crippen molar-refractivity contribution in [2.24, 2.45) is 0 Å². The van der Waals surface area contributed by atoms with E-state index >= 15 is 0 Å². The molecule has 0 unspecified atom stereocenters. The van der Waals surface area contributed by atoms with Gasteiger partial charge in [-0.1, -0.05) is 19.6 Å². The van der Waals surface area contributed by atoms with Crippen LogP contribution in [0.4, 0.5) is 13.2 Å². The molecule has 0 atom stereocenters. The van der Waals surface area contributed by atoms with Gasteiger partial charge in [0.05, 0.1) is 0 Å². The minimum atomic E-state index is -4.67. The molecule has 0 bridgehead atoms. The Bertz CT molecular complexity index is 523. The van der Waals surface area contributed by atoms with Crippen molar-refractivity contribution < 1.29 is 17.9 Å². The molecule has 0 aliphatic carbocycles. The predicted octanol–water partition coefficient (Wildman–Crippen LogP) is 3.94. The summed E-state index contributed by atoms with van der Waals surface area (Å²) in [6, 6.07) is 1.67. The van der Waals surface area contributed by atoms with Crippen molar-refractivity contribution >= 4 is 24.0 Å². The van der Waals surface area contributed by atoms with Crippen molar-refractivity contribution in [3.8, 4) is 0 Å². The highest BCUT2D eigenvalue weighted by Gasteiger charge is 2.34. The maximum atomic E-state index is 12.7. The van der Waals surface area contributed by atoms with E-state index in [0.29, 0.717) is 6.61 Å². The van der Waals surface area contributed by atoms with E-state index in [0.717, 1.165) is 16.7 Å². The van der Waals surface area contributed by atoms with Gasteiger partial charge in [0.25, 0.3) is 5.56 Å². The Morgan fingerprint density at radius 2 is 1.95 bits per heavy atom. The Morgan fingerprint density at radius 3 is 2.45 bits per heavy atom. The van der Waals surface area contributed by atoms with E-state index in [1.165, 1.54) is 6.20 Å². The number of rotatable bonds is 5. The topological polar surface area (TPSA) is 31.2 Å². The molecule has 0 aliphatic rings. The molecule has 0 aliphatic heterocycles. The highest BCUT2D eigenvalue weighted by atomic mass is 79.9. The molecule has 0 saturated carbocycles. The molecule has 1 aromatic rings. The van der Waals surface area contributed by atoms with Gasteiger partial charge in [0.15, 0.2) is 0 Å². The van der Waals surface area contributed by atoms with Crippen LogP contribution in [0.25, 0.3) is 0 Å². The van der Waals surface area contributed by atoms with Crippen molar-refractivity contribution in [3.63, 3.8) is 0 Å². The second-order valence-corrected chi connectivity index (χ2v) is 12.2. The van der Waals surface area contributed by atoms with Gasteiger partial charge in [-0.3, -0.25) is 9.36 Å². The largest absolute Gasteiger partial charge is 0.421 e. The van der Waals surface area contributed by atoms with Gasteiger partial charge in [-0.2, -0.15) is 13.2 Å². The van der Waals surface area contributed by atoms with Crippen molar-refractivity contribution in [1.82, 2.24) is 4.57 Å². The number of ether oxygens (including phenoxy) is 1. The smallest absolute Gasteiger partial charge is 0.361 e. The highest BCUT2D eigenvalue weighted by Crippen LogP contribution is 2.28. The first-order valence-corrected chi connectivity index (χ1v) is 10.6. The summed E-state index contributed by atoms with van der Waals surface area (Å²) in [7, 11) is -1.26. The quantitative estimate of drug-likeness (QED) is 0.579. The van der Waals surface area contributed by atoms with Gasteiger partial charge in [-0.25, -0.2) is 0 Å². The first-order valence-electron chi connectivity index (χ1n) is 6.06. The predicted molar refractivity (Wildman–Crippen MR) is 77.5 cm³/mol. The number of alkyl halides is 3. The summed E-state index contributed by atoms with van der Waals surface area (Å²) in [6.45, 7) is 6.78. The average molecular weight is 372 g/mol. The van der Waals surface area contributed by atoms with Gasteiger partial charge in [0.1, 0.15) is 12.3 Å². The van der Waals surface area contributed by atoms with Gasteiger partial charge in [-0.15, -0.1) is 0 Å². The number of hydrogen-bond acceptors (Lipinski definition) is 2. The Morgan fingerprint density at radius 1 is 1.35 bits per heavy atom. The SMILES string of the molecule is C[Si](C)(C)CCOCn1cc(Br)cc(C(F)(F)F)c1=O. The number of aromatic nitrogens is 1. The third kappa shape index (κ3) is 5.41. The van der Waals surface area contributed by atoms with Crippen LogP contribution in [0.15, 0.2) is 21.5 Å². The van der Waals surface area contributed by atoms with Gasteiger partial charge in [0, 0.05) is 25.4 Å². The van der Waals surface area contributed by atoms with Crippen LogP contribution < -0.4 is 5.56 Å². The molecule has 3 nitrogen and oxygen atoms in total. The second-order valence-electron chi connectivity index (χ2n) is 5.69. The number of nitrogens with zero attached hydrogens (tertiary/aromatic N) is 1. The van der Waals surface area contributed by atoms with Crippen LogP contribution in [-0.4, -0.2) is 19.2 Å². The van der Waals surface area contributed by atoms with Crippen LogP contribution in [-0.2, 0) is 17.6 Å². The summed E-state index contributed by atoms with van der Waals surface area (Å²) < 4.78 is 44.5. The molecular formula is C12H17BrF3NO2Si. The molecule has 1 heterocycles. The lowest BCUT2D eigenvalue weighted by atomic mass is 10.3. The van der Waals surface area contributed by atoms with Gasteiger partial charge >= 0.3 is 6.18 Å². The molecule has 0 amide bonds. The maximum Gasteiger partial charge on any atom is 0.421 e. The second kappa shape index (κ2) is 6.44. The van der Waals surface area contributed by atoms with Crippen LogP contribution in [0.2, 0.25) is 25.7 Å². The zero-order valence-corrected chi connectivity index (χ0v) is 14.1. The van der Waals surface area contributed by atoms with Crippen molar-refractivity contribution in [2.75, 3.05) is 6.61 Å². The van der Waals surface area contributed by atoms with Crippen LogP contribution in [0.3, 0.4) is 0 Å². The normalized spacial score (nSPS) is 12.8. The molecular weight excluding hydrogens is 355 g/mol. The van der Waals surface area contributed by atoms with Crippen LogP contribution >= 0.6 is 15.9 Å². The van der Waals surface area contributed by atoms with E-state index < -0.39 is 25.4 Å². The number of pyridine rings is 1. The molecule has 0 saturated heterocycles. The average Bonchev–Trinajstić information content (AvgIpc) is 2.25.